The monoisotopic (exact) mass is 343 g/mol. The van der Waals surface area contributed by atoms with Crippen molar-refractivity contribution in [2.24, 2.45) is 11.8 Å². The van der Waals surface area contributed by atoms with Gasteiger partial charge in [-0.15, -0.1) is 0 Å². The lowest BCUT2D eigenvalue weighted by molar-refractivity contribution is -0.142. The number of aromatic amines is 1. The number of hydrogen-bond donors (Lipinski definition) is 2. The van der Waals surface area contributed by atoms with Crippen molar-refractivity contribution in [2.75, 3.05) is 13.1 Å². The number of carboxylic acid groups (broad SMARTS) is 1. The van der Waals surface area contributed by atoms with Crippen LogP contribution in [-0.4, -0.2) is 44.9 Å². The predicted octanol–water partition coefficient (Wildman–Crippen LogP) is 1.42. The zero-order valence-corrected chi connectivity index (χ0v) is 14.1. The van der Waals surface area contributed by atoms with Crippen LogP contribution in [0, 0.1) is 11.8 Å². The Morgan fingerprint density at radius 3 is 2.80 bits per heavy atom. The molecule has 7 nitrogen and oxygen atoms in total. The fraction of sp³-hybridized carbons (Fsp3) is 0.444. The molecule has 1 aliphatic rings. The van der Waals surface area contributed by atoms with Gasteiger partial charge < -0.3 is 15.0 Å². The van der Waals surface area contributed by atoms with Gasteiger partial charge in [-0.2, -0.15) is 0 Å². The van der Waals surface area contributed by atoms with Gasteiger partial charge >= 0.3 is 5.97 Å². The summed E-state index contributed by atoms with van der Waals surface area (Å²) in [6, 6.07) is 7.13. The molecule has 1 fully saturated rings. The summed E-state index contributed by atoms with van der Waals surface area (Å²) < 4.78 is 0. The third-order valence-electron chi connectivity index (χ3n) is 4.75. The van der Waals surface area contributed by atoms with Crippen molar-refractivity contribution in [1.29, 1.82) is 0 Å². The summed E-state index contributed by atoms with van der Waals surface area (Å²) in [6.45, 7) is 2.62. The highest BCUT2D eigenvalue weighted by Crippen LogP contribution is 2.24. The number of hydrogen-bond acceptors (Lipinski definition) is 4. The number of likely N-dealkylation sites (tertiary alicyclic amines) is 1. The number of nitrogens with zero attached hydrogens (tertiary/aromatic N) is 2. The van der Waals surface area contributed by atoms with Crippen molar-refractivity contribution in [3.8, 4) is 0 Å². The van der Waals surface area contributed by atoms with Crippen LogP contribution in [0.25, 0.3) is 10.9 Å². The molecular formula is C18H21N3O4. The molecule has 2 N–H and O–H groups in total. The highest BCUT2D eigenvalue weighted by molar-refractivity contribution is 5.79. The van der Waals surface area contributed by atoms with Crippen molar-refractivity contribution in [2.45, 2.75) is 26.2 Å². The van der Waals surface area contributed by atoms with Crippen LogP contribution in [0.15, 0.2) is 29.1 Å². The predicted molar refractivity (Wildman–Crippen MR) is 92.2 cm³/mol. The maximum Gasteiger partial charge on any atom is 0.308 e. The van der Waals surface area contributed by atoms with E-state index in [0.717, 1.165) is 0 Å². The van der Waals surface area contributed by atoms with E-state index in [4.69, 9.17) is 5.11 Å². The normalized spacial score (nSPS) is 20.1. The summed E-state index contributed by atoms with van der Waals surface area (Å²) >= 11 is 0. The van der Waals surface area contributed by atoms with E-state index in [9.17, 15) is 14.4 Å². The molecule has 25 heavy (non-hydrogen) atoms. The lowest BCUT2D eigenvalue weighted by Crippen LogP contribution is -2.29. The minimum absolute atomic E-state index is 0.0278. The van der Waals surface area contributed by atoms with Crippen LogP contribution in [0.2, 0.25) is 0 Å². The van der Waals surface area contributed by atoms with E-state index in [1.165, 1.54) is 0 Å². The van der Waals surface area contributed by atoms with Crippen LogP contribution in [0.4, 0.5) is 0 Å². The van der Waals surface area contributed by atoms with Gasteiger partial charge in [0.15, 0.2) is 0 Å². The van der Waals surface area contributed by atoms with E-state index < -0.39 is 11.9 Å². The van der Waals surface area contributed by atoms with Gasteiger partial charge in [-0.1, -0.05) is 19.1 Å². The minimum atomic E-state index is -0.847. The molecule has 2 aromatic rings. The van der Waals surface area contributed by atoms with Crippen LogP contribution in [0.3, 0.4) is 0 Å². The molecule has 132 valence electrons. The molecule has 0 bridgehead atoms. The number of amides is 1. The first-order valence-electron chi connectivity index (χ1n) is 8.44. The summed E-state index contributed by atoms with van der Waals surface area (Å²) in [5.74, 6) is -0.836. The number of nitrogens with one attached hydrogen (secondary N) is 1. The summed E-state index contributed by atoms with van der Waals surface area (Å²) in [6.07, 6.45) is 1.37. The Hall–Kier alpha value is -2.70. The van der Waals surface area contributed by atoms with Crippen LogP contribution in [-0.2, 0) is 16.0 Å². The maximum absolute atomic E-state index is 12.3. The number of aryl methyl sites for hydroxylation is 1. The van der Waals surface area contributed by atoms with Crippen molar-refractivity contribution in [3.05, 3.63) is 40.4 Å². The van der Waals surface area contributed by atoms with Crippen molar-refractivity contribution < 1.29 is 14.7 Å². The highest BCUT2D eigenvalue weighted by Gasteiger charge is 2.36. The van der Waals surface area contributed by atoms with Crippen molar-refractivity contribution in [1.82, 2.24) is 14.9 Å². The summed E-state index contributed by atoms with van der Waals surface area (Å²) in [5.41, 5.74) is 0.467. The molecule has 0 aliphatic carbocycles. The van der Waals surface area contributed by atoms with E-state index in [0.29, 0.717) is 42.5 Å². The van der Waals surface area contributed by atoms with Gasteiger partial charge in [-0.3, -0.25) is 14.4 Å². The average Bonchev–Trinajstić information content (AvgIpc) is 2.97. The molecule has 7 heteroatoms. The van der Waals surface area contributed by atoms with Gasteiger partial charge in [0.2, 0.25) is 5.91 Å². The zero-order valence-electron chi connectivity index (χ0n) is 14.1. The number of fused-ring (bicyclic) bond motifs is 1. The summed E-state index contributed by atoms with van der Waals surface area (Å²) in [5, 5.41) is 9.69. The summed E-state index contributed by atoms with van der Waals surface area (Å²) in [7, 11) is 0. The highest BCUT2D eigenvalue weighted by atomic mass is 16.4. The van der Waals surface area contributed by atoms with Gasteiger partial charge in [0.25, 0.3) is 5.56 Å². The number of aromatic nitrogens is 2. The van der Waals surface area contributed by atoms with Gasteiger partial charge in [-0.05, 0) is 24.5 Å². The molecule has 1 aliphatic heterocycles. The topological polar surface area (TPSA) is 103 Å². The van der Waals surface area contributed by atoms with Crippen LogP contribution >= 0.6 is 0 Å². The van der Waals surface area contributed by atoms with Crippen LogP contribution in [0.1, 0.15) is 25.6 Å². The number of H-pyrrole nitrogens is 1. The Labute approximate surface area is 144 Å². The standard InChI is InChI=1S/C18H21N3O4/c1-11-9-21(10-13(11)18(24)25)16(22)8-4-7-15-19-14-6-3-2-5-12(14)17(23)20-15/h2-3,5-6,11,13H,4,7-10H2,1H3,(H,24,25)(H,19,20,23)/t11-,13-/m1/s1. The Bertz CT molecular complexity index is 861. The Morgan fingerprint density at radius 1 is 1.32 bits per heavy atom. The van der Waals surface area contributed by atoms with Crippen molar-refractivity contribution in [3.63, 3.8) is 0 Å². The second-order valence-electron chi connectivity index (χ2n) is 6.60. The third-order valence-corrected chi connectivity index (χ3v) is 4.75. The fourth-order valence-electron chi connectivity index (χ4n) is 3.31. The number of carboxylic acids is 1. The van der Waals surface area contributed by atoms with Gasteiger partial charge in [0.1, 0.15) is 5.82 Å². The van der Waals surface area contributed by atoms with E-state index >= 15 is 0 Å². The molecule has 1 aromatic carbocycles. The largest absolute Gasteiger partial charge is 0.481 e. The molecule has 3 rings (SSSR count). The first kappa shape index (κ1) is 17.1. The Kier molecular flexibility index (Phi) is 4.83. The molecule has 0 radical (unpaired) electrons. The minimum Gasteiger partial charge on any atom is -0.481 e. The maximum atomic E-state index is 12.3. The molecule has 1 saturated heterocycles. The molecule has 0 unspecified atom stereocenters. The number of aliphatic carboxylic acids is 1. The third kappa shape index (κ3) is 3.70. The smallest absolute Gasteiger partial charge is 0.308 e. The average molecular weight is 343 g/mol. The van der Waals surface area contributed by atoms with E-state index in [-0.39, 0.29) is 23.9 Å². The number of para-hydroxylation sites is 1. The lowest BCUT2D eigenvalue weighted by atomic mass is 9.99. The van der Waals surface area contributed by atoms with Crippen LogP contribution in [0.5, 0.6) is 0 Å². The molecular weight excluding hydrogens is 322 g/mol. The molecule has 2 atom stereocenters. The quantitative estimate of drug-likeness (QED) is 0.855. The lowest BCUT2D eigenvalue weighted by Gasteiger charge is -2.15. The molecule has 1 amide bonds. The number of benzene rings is 1. The second-order valence-corrected chi connectivity index (χ2v) is 6.60. The SMILES string of the molecule is C[C@@H]1CN(C(=O)CCCc2nc3ccccc3c(=O)[nH]2)C[C@H]1C(=O)O. The second kappa shape index (κ2) is 7.04. The zero-order chi connectivity index (χ0) is 18.0. The fourth-order valence-corrected chi connectivity index (χ4v) is 3.31. The Morgan fingerprint density at radius 2 is 2.08 bits per heavy atom. The summed E-state index contributed by atoms with van der Waals surface area (Å²) in [4.78, 5) is 44.2. The van der Waals surface area contributed by atoms with Crippen molar-refractivity contribution >= 4 is 22.8 Å². The molecule has 0 spiro atoms. The molecule has 2 heterocycles. The number of carbonyl (C=O) groups is 2. The van der Waals surface area contributed by atoms with E-state index in [1.807, 2.05) is 13.0 Å². The van der Waals surface area contributed by atoms with Gasteiger partial charge in [-0.25, -0.2) is 4.98 Å². The first-order chi connectivity index (χ1) is 12.0. The van der Waals surface area contributed by atoms with E-state index in [2.05, 4.69) is 9.97 Å². The number of rotatable bonds is 5. The van der Waals surface area contributed by atoms with Gasteiger partial charge in [0, 0.05) is 25.9 Å². The van der Waals surface area contributed by atoms with Crippen LogP contribution < -0.4 is 5.56 Å². The number of carbonyl (C=O) groups excluding carboxylic acids is 1. The Balaban J connectivity index is 1.57. The first-order valence-corrected chi connectivity index (χ1v) is 8.44. The van der Waals surface area contributed by atoms with E-state index in [1.54, 1.807) is 23.1 Å². The molecule has 0 saturated carbocycles. The van der Waals surface area contributed by atoms with Gasteiger partial charge in [0.05, 0.1) is 16.8 Å². The molecule has 1 aromatic heterocycles.